The first kappa shape index (κ1) is 14.2. The van der Waals surface area contributed by atoms with E-state index in [-0.39, 0.29) is 12.2 Å². The second-order valence-electron chi connectivity index (χ2n) is 2.93. The maximum absolute atomic E-state index is 11.2. The van der Waals surface area contributed by atoms with Crippen molar-refractivity contribution < 1.29 is 17.4 Å². The van der Waals surface area contributed by atoms with Gasteiger partial charge in [-0.05, 0) is 0 Å². The Bertz CT molecular complexity index is 587. The van der Waals surface area contributed by atoms with Gasteiger partial charge in [-0.1, -0.05) is 0 Å². The van der Waals surface area contributed by atoms with Gasteiger partial charge in [-0.25, -0.2) is 14.4 Å². The number of carbonyl (C=O) groups excluding carboxylic acids is 2. The predicted molar refractivity (Wildman–Crippen MR) is 66.7 cm³/mol. The van der Waals surface area contributed by atoms with Gasteiger partial charge < -0.3 is 12.8 Å². The molecular formula is C9H7IN2O6. The van der Waals surface area contributed by atoms with E-state index in [1.54, 1.807) is 0 Å². The highest BCUT2D eigenvalue weighted by molar-refractivity contribution is 14.1. The molecule has 0 aliphatic carbocycles. The molecule has 0 aliphatic heterocycles. The van der Waals surface area contributed by atoms with Crippen molar-refractivity contribution in [2.24, 2.45) is 0 Å². The highest BCUT2D eigenvalue weighted by Gasteiger charge is 2.04. The van der Waals surface area contributed by atoms with Gasteiger partial charge in [0, 0.05) is 18.3 Å². The number of carbonyl (C=O) groups is 2. The molecule has 96 valence electrons. The summed E-state index contributed by atoms with van der Waals surface area (Å²) in [5, 5.41) is 0. The van der Waals surface area contributed by atoms with Gasteiger partial charge in [0.25, 0.3) is 5.56 Å². The van der Waals surface area contributed by atoms with Gasteiger partial charge in [-0.2, -0.15) is 0 Å². The van der Waals surface area contributed by atoms with Crippen LogP contribution in [0.2, 0.25) is 0 Å². The van der Waals surface area contributed by atoms with Crippen LogP contribution in [0.1, 0.15) is 5.56 Å². The molecule has 9 heteroatoms. The van der Waals surface area contributed by atoms with Crippen LogP contribution in [0.5, 0.6) is 0 Å². The van der Waals surface area contributed by atoms with Gasteiger partial charge in [0.2, 0.25) is 0 Å². The van der Waals surface area contributed by atoms with Crippen LogP contribution in [0.15, 0.2) is 27.9 Å². The molecule has 0 fully saturated rings. The van der Waals surface area contributed by atoms with Crippen LogP contribution in [-0.4, -0.2) is 21.9 Å². The van der Waals surface area contributed by atoms with Gasteiger partial charge >= 0.3 is 17.6 Å². The van der Waals surface area contributed by atoms with Crippen molar-refractivity contribution in [2.75, 3.05) is 0 Å². The molecule has 2 N–H and O–H groups in total. The smallest absolute Gasteiger partial charge is 0.340 e. The number of rotatable bonds is 4. The Balaban J connectivity index is 2.58. The minimum absolute atomic E-state index is 0.0767. The Morgan fingerprint density at radius 3 is 2.56 bits per heavy atom. The minimum Gasteiger partial charge on any atom is -0.457 e. The first-order valence-electron chi connectivity index (χ1n) is 4.51. The first-order chi connectivity index (χ1) is 8.52. The number of aromatic nitrogens is 2. The summed E-state index contributed by atoms with van der Waals surface area (Å²) in [6.07, 6.45) is 2.88. The first-order valence-corrected chi connectivity index (χ1v) is 5.39. The fraction of sp³-hybridized carbons (Fsp3) is 0.111. The van der Waals surface area contributed by atoms with E-state index >= 15 is 0 Å². The summed E-state index contributed by atoms with van der Waals surface area (Å²) in [6.45, 7) is -0.325. The lowest BCUT2D eigenvalue weighted by atomic mass is 10.3. The van der Waals surface area contributed by atoms with Gasteiger partial charge in [0.05, 0.1) is 5.56 Å². The van der Waals surface area contributed by atoms with Crippen LogP contribution in [-0.2, 0) is 24.0 Å². The molecule has 1 heterocycles. The van der Waals surface area contributed by atoms with Crippen LogP contribution in [0.4, 0.5) is 0 Å². The number of halogens is 1. The molecule has 0 saturated carbocycles. The third-order valence-electron chi connectivity index (χ3n) is 1.70. The molecule has 0 atom stereocenters. The van der Waals surface area contributed by atoms with Crippen LogP contribution >= 0.6 is 23.0 Å². The molecule has 1 aromatic heterocycles. The monoisotopic (exact) mass is 366 g/mol. The molecule has 0 saturated heterocycles. The zero-order valence-corrected chi connectivity index (χ0v) is 10.9. The van der Waals surface area contributed by atoms with E-state index in [1.165, 1.54) is 23.0 Å². The molecule has 1 rings (SSSR count). The summed E-state index contributed by atoms with van der Waals surface area (Å²) in [6, 6.07) is 0. The van der Waals surface area contributed by atoms with Gasteiger partial charge in [-0.3, -0.25) is 9.78 Å². The van der Waals surface area contributed by atoms with Crippen molar-refractivity contribution in [2.45, 2.75) is 6.61 Å². The summed E-state index contributed by atoms with van der Waals surface area (Å²) < 4.78 is 8.90. The van der Waals surface area contributed by atoms with Crippen molar-refractivity contribution in [1.82, 2.24) is 9.97 Å². The number of hydrogen-bond donors (Lipinski definition) is 2. The number of hydrogen-bond acceptors (Lipinski definition) is 6. The zero-order valence-electron chi connectivity index (χ0n) is 8.77. The molecule has 18 heavy (non-hydrogen) atoms. The molecule has 0 amide bonds. The van der Waals surface area contributed by atoms with E-state index in [1.807, 2.05) is 4.98 Å². The second kappa shape index (κ2) is 6.74. The number of nitrogens with one attached hydrogen (secondary N) is 2. The summed E-state index contributed by atoms with van der Waals surface area (Å²) in [5.74, 6) is -1.53. The Hall–Kier alpha value is -1.91. The second-order valence-corrected chi connectivity index (χ2v) is 3.37. The average molecular weight is 366 g/mol. The van der Waals surface area contributed by atoms with Gasteiger partial charge in [-0.15, -0.1) is 0 Å². The maximum atomic E-state index is 11.2. The predicted octanol–water partition coefficient (Wildman–Crippen LogP) is -0.444. The normalized spacial score (nSPS) is 10.3. The molecule has 8 nitrogen and oxygen atoms in total. The Labute approximate surface area is 114 Å². The fourth-order valence-electron chi connectivity index (χ4n) is 0.904. The van der Waals surface area contributed by atoms with E-state index in [0.717, 1.165) is 18.3 Å². The molecule has 0 bridgehead atoms. The van der Waals surface area contributed by atoms with Gasteiger partial charge in [0.15, 0.2) is 23.0 Å². The van der Waals surface area contributed by atoms with Crippen LogP contribution in [0.25, 0.3) is 0 Å². The van der Waals surface area contributed by atoms with Crippen LogP contribution in [0, 0.1) is 0 Å². The van der Waals surface area contributed by atoms with Crippen molar-refractivity contribution >= 4 is 34.9 Å². The third-order valence-corrected chi connectivity index (χ3v) is 2.13. The maximum Gasteiger partial charge on any atom is 0.340 e. The van der Waals surface area contributed by atoms with Crippen LogP contribution < -0.4 is 11.2 Å². The summed E-state index contributed by atoms with van der Waals surface area (Å²) in [7, 11) is 0. The van der Waals surface area contributed by atoms with E-state index in [4.69, 9.17) is 0 Å². The van der Waals surface area contributed by atoms with Crippen molar-refractivity contribution in [3.05, 3.63) is 44.8 Å². The zero-order chi connectivity index (χ0) is 13.5. The quantitative estimate of drug-likeness (QED) is 0.424. The van der Waals surface area contributed by atoms with Crippen molar-refractivity contribution in [3.63, 3.8) is 0 Å². The number of esters is 1. The molecule has 0 aliphatic rings. The van der Waals surface area contributed by atoms with Crippen LogP contribution in [0.3, 0.4) is 0 Å². The SMILES string of the molecule is O=C(/C=C/C(=O)OCc1c[nH]c(=O)[nH]c1=O)OI. The minimum atomic E-state index is -0.817. The average Bonchev–Trinajstić information content (AvgIpc) is 2.34. The molecule has 1 aromatic rings. The van der Waals surface area contributed by atoms with E-state index in [2.05, 4.69) is 12.8 Å². The number of aromatic amines is 2. The lowest BCUT2D eigenvalue weighted by Crippen LogP contribution is -2.25. The Morgan fingerprint density at radius 2 is 1.94 bits per heavy atom. The fourth-order valence-corrected chi connectivity index (χ4v) is 1.05. The Morgan fingerprint density at radius 1 is 1.28 bits per heavy atom. The molecule has 0 radical (unpaired) electrons. The number of ether oxygens (including phenoxy) is 1. The molecule has 0 spiro atoms. The van der Waals surface area contributed by atoms with Crippen molar-refractivity contribution in [1.29, 1.82) is 0 Å². The van der Waals surface area contributed by atoms with Crippen molar-refractivity contribution in [3.8, 4) is 0 Å². The lowest BCUT2D eigenvalue weighted by molar-refractivity contribution is -0.139. The topological polar surface area (TPSA) is 118 Å². The molecular weight excluding hydrogens is 359 g/mol. The largest absolute Gasteiger partial charge is 0.457 e. The number of H-pyrrole nitrogens is 2. The van der Waals surface area contributed by atoms with E-state index in [9.17, 15) is 19.2 Å². The molecule has 0 aromatic carbocycles. The summed E-state index contributed by atoms with van der Waals surface area (Å²) in [4.78, 5) is 47.9. The lowest BCUT2D eigenvalue weighted by Gasteiger charge is -2.00. The van der Waals surface area contributed by atoms with E-state index < -0.39 is 23.2 Å². The summed E-state index contributed by atoms with van der Waals surface area (Å²) >= 11 is 1.37. The van der Waals surface area contributed by atoms with Gasteiger partial charge in [0.1, 0.15) is 6.61 Å². The summed E-state index contributed by atoms with van der Waals surface area (Å²) in [5.41, 5.74) is -1.23. The highest BCUT2D eigenvalue weighted by Crippen LogP contribution is 1.93. The van der Waals surface area contributed by atoms with E-state index in [0.29, 0.717) is 0 Å². The third kappa shape index (κ3) is 4.53. The molecule has 0 unspecified atom stereocenters. The standard InChI is InChI=1S/C9H7IN2O6/c10-18-7(14)2-1-6(13)17-4-5-3-11-9(16)12-8(5)15/h1-3H,4H2,(H2,11,12,15,16)/b2-1+. The Kier molecular flexibility index (Phi) is 5.30. The highest BCUT2D eigenvalue weighted by atomic mass is 127.